The lowest BCUT2D eigenvalue weighted by Crippen LogP contribution is -2.38. The minimum atomic E-state index is -0.827. The van der Waals surface area contributed by atoms with Crippen LogP contribution in [0.15, 0.2) is 0 Å². The Labute approximate surface area is 319 Å². The van der Waals surface area contributed by atoms with Gasteiger partial charge in [-0.25, -0.2) is 50.1 Å². The van der Waals surface area contributed by atoms with Gasteiger partial charge in [-0.3, -0.25) is 0 Å². The average Bonchev–Trinajstić information content (AvgIpc) is 3.62. The highest BCUT2D eigenvalue weighted by atomic mass is 32.3. The summed E-state index contributed by atoms with van der Waals surface area (Å²) in [7, 11) is -3.62. The monoisotopic (exact) mass is 781 g/mol. The predicted octanol–water partition coefficient (Wildman–Crippen LogP) is 13.9. The van der Waals surface area contributed by atoms with Crippen molar-refractivity contribution in [1.82, 2.24) is 0 Å². The molecule has 0 aliphatic carbocycles. The maximum Gasteiger partial charge on any atom is 0.00507 e. The molecule has 0 saturated carbocycles. The van der Waals surface area contributed by atoms with Gasteiger partial charge in [0.25, 0.3) is 0 Å². The molecule has 49 heavy (non-hydrogen) atoms. The molecule has 0 radical (unpaired) electrons. The van der Waals surface area contributed by atoms with E-state index in [0.717, 1.165) is 21.0 Å². The Morgan fingerprint density at radius 3 is 0.490 bits per heavy atom. The zero-order chi connectivity index (χ0) is 38.5. The molecule has 4 aliphatic heterocycles. The molecule has 4 heterocycles. The first kappa shape index (κ1) is 43.5. The molecule has 0 aromatic rings. The van der Waals surface area contributed by atoms with E-state index in [1.807, 2.05) is 0 Å². The van der Waals surface area contributed by atoms with Crippen molar-refractivity contribution < 1.29 is 0 Å². The van der Waals surface area contributed by atoms with Crippen LogP contribution in [0.1, 0.15) is 166 Å². The normalized spacial score (nSPS) is 34.1. The van der Waals surface area contributed by atoms with Crippen LogP contribution in [-0.4, -0.2) is 105 Å². The molecule has 5 heteroatoms. The van der Waals surface area contributed by atoms with Crippen molar-refractivity contribution in [2.75, 3.05) is 46.0 Å². The summed E-state index contributed by atoms with van der Waals surface area (Å²) in [4.78, 5) is 0. The quantitative estimate of drug-likeness (QED) is 0.215. The van der Waals surface area contributed by atoms with E-state index in [2.05, 4.69) is 166 Å². The SMILES string of the molecule is CC(C)(C)S1(C(C)(C)C)CC1CS(CC1CS1(C(C)(C)C)C(C)(C)C)(CC1CS1(C(C)(C)C)C(C)(C)C)CC1CS1(C(C)(C)C)C(C)(C)C. The molecular formula is C44H92S5. The highest BCUT2D eigenvalue weighted by molar-refractivity contribution is 8.47. The molecule has 4 rings (SSSR count). The lowest BCUT2D eigenvalue weighted by atomic mass is 10.2. The van der Waals surface area contributed by atoms with Gasteiger partial charge in [0.05, 0.1) is 0 Å². The van der Waals surface area contributed by atoms with Crippen LogP contribution in [0.25, 0.3) is 0 Å². The fraction of sp³-hybridized carbons (Fsp3) is 1.00. The first-order valence-electron chi connectivity index (χ1n) is 20.2. The summed E-state index contributed by atoms with van der Waals surface area (Å²) in [6.07, 6.45) is 0. The molecule has 0 nitrogen and oxygen atoms in total. The summed E-state index contributed by atoms with van der Waals surface area (Å²) >= 11 is 0. The topological polar surface area (TPSA) is 0 Å². The van der Waals surface area contributed by atoms with Crippen LogP contribution in [0.2, 0.25) is 0 Å². The van der Waals surface area contributed by atoms with Crippen LogP contribution < -0.4 is 0 Å². The van der Waals surface area contributed by atoms with Crippen LogP contribution in [0, 0.1) is 0 Å². The van der Waals surface area contributed by atoms with Gasteiger partial charge in [0.2, 0.25) is 0 Å². The van der Waals surface area contributed by atoms with E-state index < -0.39 is 50.1 Å². The van der Waals surface area contributed by atoms with E-state index in [0.29, 0.717) is 38.0 Å². The van der Waals surface area contributed by atoms with Gasteiger partial charge in [-0.15, -0.1) is 0 Å². The lowest BCUT2D eigenvalue weighted by molar-refractivity contribution is 0.722. The Bertz CT molecular complexity index is 980. The fourth-order valence-electron chi connectivity index (χ4n) is 13.3. The van der Waals surface area contributed by atoms with Crippen LogP contribution in [0.3, 0.4) is 0 Å². The standard InChI is InChI=1S/C44H92S5/c1-37(2,3)46(38(4,5)6)29-33(46)25-45(26-34-30-47(34,39(7,8)9)40(10,11)12,27-35-31-48(35,41(13,14)15)42(16,17)18)28-36-32-49(36,43(19,20)21)44(22,23)24/h33-36H,25-32H2,1-24H3. The van der Waals surface area contributed by atoms with Crippen molar-refractivity contribution in [3.8, 4) is 0 Å². The summed E-state index contributed by atoms with van der Waals surface area (Å²) in [6.45, 7) is 63.4. The van der Waals surface area contributed by atoms with E-state index in [9.17, 15) is 0 Å². The van der Waals surface area contributed by atoms with Gasteiger partial charge >= 0.3 is 0 Å². The highest BCUT2D eigenvalue weighted by Crippen LogP contribution is 2.91. The van der Waals surface area contributed by atoms with Gasteiger partial charge in [-0.05, 0) is 84.0 Å². The third-order valence-electron chi connectivity index (χ3n) is 14.5. The van der Waals surface area contributed by atoms with Crippen molar-refractivity contribution in [2.24, 2.45) is 0 Å². The molecule has 0 N–H and O–H groups in total. The lowest BCUT2D eigenvalue weighted by Gasteiger charge is -2.54. The van der Waals surface area contributed by atoms with E-state index in [4.69, 9.17) is 0 Å². The maximum atomic E-state index is 2.64. The minimum Gasteiger partial charge on any atom is -0.237 e. The Morgan fingerprint density at radius 1 is 0.286 bits per heavy atom. The summed E-state index contributed by atoms with van der Waals surface area (Å²) in [6, 6.07) is 0. The summed E-state index contributed by atoms with van der Waals surface area (Å²) in [5.41, 5.74) is 0. The molecule has 0 bridgehead atoms. The first-order valence-corrected chi connectivity index (χ1v) is 29.9. The van der Waals surface area contributed by atoms with Crippen LogP contribution in [-0.2, 0) is 0 Å². The zero-order valence-electron chi connectivity index (χ0n) is 38.0. The molecule has 4 unspecified atom stereocenters. The smallest absolute Gasteiger partial charge is 0.00507 e. The highest BCUT2D eigenvalue weighted by Gasteiger charge is 2.70. The Hall–Kier alpha value is 1.75. The van der Waals surface area contributed by atoms with Crippen molar-refractivity contribution >= 4 is 50.1 Å². The van der Waals surface area contributed by atoms with Crippen molar-refractivity contribution in [3.63, 3.8) is 0 Å². The molecule has 0 aromatic heterocycles. The van der Waals surface area contributed by atoms with Crippen LogP contribution in [0.5, 0.6) is 0 Å². The zero-order valence-corrected chi connectivity index (χ0v) is 42.1. The van der Waals surface area contributed by atoms with E-state index in [1.165, 1.54) is 0 Å². The van der Waals surface area contributed by atoms with Crippen molar-refractivity contribution in [1.29, 1.82) is 0 Å². The van der Waals surface area contributed by atoms with Crippen molar-refractivity contribution in [2.45, 2.75) is 225 Å². The van der Waals surface area contributed by atoms with Crippen LogP contribution in [0.4, 0.5) is 0 Å². The van der Waals surface area contributed by atoms with Gasteiger partial charge in [-0.2, -0.15) is 0 Å². The molecule has 0 aromatic carbocycles. The minimum absolute atomic E-state index is 0.434. The van der Waals surface area contributed by atoms with Gasteiger partial charge in [0, 0.05) is 21.0 Å². The Morgan fingerprint density at radius 2 is 0.408 bits per heavy atom. The van der Waals surface area contributed by atoms with Gasteiger partial charge < -0.3 is 0 Å². The summed E-state index contributed by atoms with van der Waals surface area (Å²) in [5, 5.41) is 3.93. The molecule has 0 spiro atoms. The van der Waals surface area contributed by atoms with Crippen LogP contribution >= 0.6 is 50.1 Å². The third kappa shape index (κ3) is 6.74. The van der Waals surface area contributed by atoms with Gasteiger partial charge in [0.15, 0.2) is 0 Å². The Balaban J connectivity index is 1.90. The fourth-order valence-corrected chi connectivity index (χ4v) is 49.0. The van der Waals surface area contributed by atoms with E-state index in [1.54, 1.807) is 46.0 Å². The maximum absolute atomic E-state index is 2.64. The second-order valence-corrected chi connectivity index (χ2v) is 49.0. The molecule has 0 amide bonds. The summed E-state index contributed by atoms with van der Waals surface area (Å²) in [5.74, 6) is 12.7. The number of hydrogen-bond donors (Lipinski definition) is 0. The molecule has 298 valence electrons. The Kier molecular flexibility index (Phi) is 10.5. The second-order valence-electron chi connectivity index (χ2n) is 25.1. The number of hydrogen-bond acceptors (Lipinski definition) is 0. The predicted molar refractivity (Wildman–Crippen MR) is 250 cm³/mol. The molecule has 4 aliphatic rings. The summed E-state index contributed by atoms with van der Waals surface area (Å²) < 4.78 is 3.47. The van der Waals surface area contributed by atoms with E-state index in [-0.39, 0.29) is 0 Å². The van der Waals surface area contributed by atoms with Crippen molar-refractivity contribution in [3.05, 3.63) is 0 Å². The second kappa shape index (κ2) is 11.9. The number of rotatable bonds is 8. The molecule has 4 atom stereocenters. The third-order valence-corrected chi connectivity index (χ3v) is 45.2. The van der Waals surface area contributed by atoms with Gasteiger partial charge in [0.1, 0.15) is 0 Å². The molecule has 4 fully saturated rings. The average molecular weight is 782 g/mol. The molecule has 4 saturated heterocycles. The first-order chi connectivity index (χ1) is 21.2. The van der Waals surface area contributed by atoms with E-state index >= 15 is 0 Å². The van der Waals surface area contributed by atoms with Gasteiger partial charge in [-0.1, -0.05) is 166 Å². The largest absolute Gasteiger partial charge is 0.237 e. The molecular weight excluding hydrogens is 689 g/mol.